The number of ketones is 1. The van der Waals surface area contributed by atoms with Crippen LogP contribution in [-0.2, 0) is 6.54 Å². The molecule has 0 bridgehead atoms. The number of hydrogen-bond donors (Lipinski definition) is 2. The molecule has 4 heterocycles. The second-order valence-electron chi connectivity index (χ2n) is 10.4. The summed E-state index contributed by atoms with van der Waals surface area (Å²) in [6.45, 7) is 2.93. The predicted octanol–water partition coefficient (Wildman–Crippen LogP) is 9.23. The maximum atomic E-state index is 12.1. The van der Waals surface area contributed by atoms with Crippen LogP contribution in [0.2, 0.25) is 10.0 Å². The van der Waals surface area contributed by atoms with Crippen molar-refractivity contribution in [2.75, 3.05) is 0 Å². The molecule has 4 aromatic heterocycles. The Morgan fingerprint density at radius 2 is 1.40 bits per heavy atom. The fraction of sp³-hybridized carbons (Fsp3) is 0.0541. The molecule has 0 aliphatic rings. The average Bonchev–Trinajstić information content (AvgIpc) is 3.72. The summed E-state index contributed by atoms with van der Waals surface area (Å²) in [5.74, 6) is 0.542. The van der Waals surface area contributed by atoms with Gasteiger partial charge in [-0.05, 0) is 79.7 Å². The van der Waals surface area contributed by atoms with Crippen LogP contribution in [0.1, 0.15) is 22.8 Å². The molecular formula is C37H28Cl2N6O2. The van der Waals surface area contributed by atoms with E-state index < -0.39 is 0 Å². The average molecular weight is 660 g/mol. The molecule has 232 valence electrons. The van der Waals surface area contributed by atoms with E-state index in [-0.39, 0.29) is 11.5 Å². The highest BCUT2D eigenvalue weighted by Crippen LogP contribution is 2.37. The number of para-hydroxylation sites is 1. The van der Waals surface area contributed by atoms with Gasteiger partial charge < -0.3 is 14.8 Å². The van der Waals surface area contributed by atoms with E-state index >= 15 is 0 Å². The number of pyridine rings is 2. The van der Waals surface area contributed by atoms with Gasteiger partial charge in [-0.15, -0.1) is 0 Å². The molecule has 2 N–H and O–H groups in total. The number of H-pyrrole nitrogens is 1. The third-order valence-electron chi connectivity index (χ3n) is 7.50. The SMILES string of the molecule is CCn1c(-c2cc3ccccc3[nH]2)nc(-c2ccncc2)c1-c1ccc(Cl)cc1.O=C(/C(=N/O)c1ccncc1)c1ccc(Cl)cc1. The van der Waals surface area contributed by atoms with Crippen LogP contribution in [0.25, 0.3) is 44.9 Å². The zero-order chi connectivity index (χ0) is 32.8. The standard InChI is InChI=1S/C24H19ClN4.C13H9ClN2O2/c1-2-29-23(17-7-9-19(25)10-8-17)22(16-11-13-26-14-12-16)28-24(29)21-15-18-5-3-4-6-20(18)27-21;14-11-3-1-10(2-4-11)13(17)12(16-18)9-5-7-15-8-6-9/h3-15,27H,2H2,1H3;1-8,18H/b;16-12+. The zero-order valence-electron chi connectivity index (χ0n) is 25.2. The van der Waals surface area contributed by atoms with Crippen molar-refractivity contribution in [3.8, 4) is 34.0 Å². The predicted molar refractivity (Wildman–Crippen MR) is 187 cm³/mol. The number of oxime groups is 1. The molecule has 7 rings (SSSR count). The summed E-state index contributed by atoms with van der Waals surface area (Å²) >= 11 is 11.9. The van der Waals surface area contributed by atoms with Crippen molar-refractivity contribution in [1.29, 1.82) is 0 Å². The number of Topliss-reactive ketones (excluding diaryl/α,β-unsaturated/α-hetero) is 1. The Morgan fingerprint density at radius 3 is 2.02 bits per heavy atom. The minimum atomic E-state index is -0.375. The minimum Gasteiger partial charge on any atom is -0.410 e. The minimum absolute atomic E-state index is 0.0280. The molecule has 0 spiro atoms. The first-order chi connectivity index (χ1) is 23.0. The summed E-state index contributed by atoms with van der Waals surface area (Å²) in [5, 5.41) is 14.5. The van der Waals surface area contributed by atoms with Gasteiger partial charge in [0.05, 0.1) is 17.1 Å². The van der Waals surface area contributed by atoms with Gasteiger partial charge in [0.15, 0.2) is 11.5 Å². The highest BCUT2D eigenvalue weighted by molar-refractivity contribution is 6.51. The number of aromatic nitrogens is 5. The molecule has 8 nitrogen and oxygen atoms in total. The van der Waals surface area contributed by atoms with E-state index in [4.69, 9.17) is 33.4 Å². The number of aromatic amines is 1. The fourth-order valence-electron chi connectivity index (χ4n) is 5.25. The molecule has 7 aromatic rings. The van der Waals surface area contributed by atoms with Crippen molar-refractivity contribution in [3.05, 3.63) is 149 Å². The summed E-state index contributed by atoms with van der Waals surface area (Å²) < 4.78 is 2.25. The Bertz CT molecular complexity index is 2130. The Hall–Kier alpha value is -5.57. The van der Waals surface area contributed by atoms with Crippen LogP contribution >= 0.6 is 23.2 Å². The van der Waals surface area contributed by atoms with E-state index in [1.54, 1.807) is 48.8 Å². The molecule has 10 heteroatoms. The largest absolute Gasteiger partial charge is 0.410 e. The Balaban J connectivity index is 0.000000185. The van der Waals surface area contributed by atoms with Crippen LogP contribution in [0.3, 0.4) is 0 Å². The number of rotatable bonds is 7. The number of carbonyl (C=O) groups excluding carboxylic acids is 1. The Kier molecular flexibility index (Phi) is 9.52. The number of hydrogen-bond acceptors (Lipinski definition) is 6. The quantitative estimate of drug-likeness (QED) is 0.0768. The maximum Gasteiger partial charge on any atom is 0.215 e. The molecule has 0 aliphatic heterocycles. The van der Waals surface area contributed by atoms with E-state index in [0.717, 1.165) is 51.1 Å². The van der Waals surface area contributed by atoms with E-state index in [1.165, 1.54) is 17.8 Å². The van der Waals surface area contributed by atoms with Gasteiger partial charge in [0.25, 0.3) is 0 Å². The van der Waals surface area contributed by atoms with E-state index in [1.807, 2.05) is 48.5 Å². The summed E-state index contributed by atoms with van der Waals surface area (Å²) in [5.41, 5.74) is 7.12. The normalized spacial score (nSPS) is 11.3. The monoisotopic (exact) mass is 658 g/mol. The molecule has 0 saturated carbocycles. The van der Waals surface area contributed by atoms with Crippen molar-refractivity contribution in [2.45, 2.75) is 13.5 Å². The van der Waals surface area contributed by atoms with Gasteiger partial charge in [0.2, 0.25) is 5.78 Å². The van der Waals surface area contributed by atoms with Crippen LogP contribution in [-0.4, -0.2) is 41.2 Å². The van der Waals surface area contributed by atoms with Gasteiger partial charge in [0, 0.05) is 74.5 Å². The second kappa shape index (κ2) is 14.2. The third kappa shape index (κ3) is 6.84. The van der Waals surface area contributed by atoms with Crippen molar-refractivity contribution >= 4 is 45.6 Å². The van der Waals surface area contributed by atoms with Crippen LogP contribution in [0.4, 0.5) is 0 Å². The highest BCUT2D eigenvalue weighted by atomic mass is 35.5. The lowest BCUT2D eigenvalue weighted by atomic mass is 10.0. The highest BCUT2D eigenvalue weighted by Gasteiger charge is 2.21. The third-order valence-corrected chi connectivity index (χ3v) is 8.01. The Labute approximate surface area is 281 Å². The molecule has 47 heavy (non-hydrogen) atoms. The fourth-order valence-corrected chi connectivity index (χ4v) is 5.51. The second-order valence-corrected chi connectivity index (χ2v) is 11.3. The van der Waals surface area contributed by atoms with Crippen LogP contribution in [0.15, 0.2) is 133 Å². The van der Waals surface area contributed by atoms with E-state index in [9.17, 15) is 4.79 Å². The molecule has 0 atom stereocenters. The van der Waals surface area contributed by atoms with Gasteiger partial charge in [-0.2, -0.15) is 0 Å². The first-order valence-electron chi connectivity index (χ1n) is 14.7. The Morgan fingerprint density at radius 1 is 0.787 bits per heavy atom. The van der Waals surface area contributed by atoms with Crippen LogP contribution in [0.5, 0.6) is 0 Å². The lowest BCUT2D eigenvalue weighted by Crippen LogP contribution is -2.15. The molecule has 0 unspecified atom stereocenters. The van der Waals surface area contributed by atoms with Gasteiger partial charge in [-0.3, -0.25) is 14.8 Å². The maximum absolute atomic E-state index is 12.1. The molecule has 0 aliphatic carbocycles. The number of nitrogens with zero attached hydrogens (tertiary/aromatic N) is 5. The lowest BCUT2D eigenvalue weighted by Gasteiger charge is -2.10. The molecule has 0 saturated heterocycles. The number of nitrogens with one attached hydrogen (secondary N) is 1. The van der Waals surface area contributed by atoms with E-state index in [0.29, 0.717) is 16.1 Å². The molecule has 0 amide bonds. The lowest BCUT2D eigenvalue weighted by molar-refractivity contribution is 0.106. The van der Waals surface area contributed by atoms with Crippen LogP contribution < -0.4 is 0 Å². The number of halogens is 2. The topological polar surface area (TPSA) is 109 Å². The smallest absolute Gasteiger partial charge is 0.215 e. The number of fused-ring (bicyclic) bond motifs is 1. The van der Waals surface area contributed by atoms with Crippen LogP contribution in [0, 0.1) is 0 Å². The molecule has 0 radical (unpaired) electrons. The first kappa shape index (κ1) is 31.4. The number of imidazole rings is 1. The molecular weight excluding hydrogens is 631 g/mol. The number of benzene rings is 3. The van der Waals surface area contributed by atoms with Crippen molar-refractivity contribution in [1.82, 2.24) is 24.5 Å². The van der Waals surface area contributed by atoms with Gasteiger partial charge >= 0.3 is 0 Å². The summed E-state index contributed by atoms with van der Waals surface area (Å²) in [6, 6.07) is 31.9. The molecule has 0 fully saturated rings. The summed E-state index contributed by atoms with van der Waals surface area (Å²) in [4.78, 5) is 28.7. The number of carbonyl (C=O) groups is 1. The van der Waals surface area contributed by atoms with Gasteiger partial charge in [-0.25, -0.2) is 4.98 Å². The van der Waals surface area contributed by atoms with Crippen molar-refractivity contribution in [3.63, 3.8) is 0 Å². The van der Waals surface area contributed by atoms with Gasteiger partial charge in [0.1, 0.15) is 0 Å². The van der Waals surface area contributed by atoms with Crippen molar-refractivity contribution < 1.29 is 10.0 Å². The summed E-state index contributed by atoms with van der Waals surface area (Å²) in [7, 11) is 0. The van der Waals surface area contributed by atoms with E-state index in [2.05, 4.69) is 49.8 Å². The molecule has 3 aromatic carbocycles. The summed E-state index contributed by atoms with van der Waals surface area (Å²) in [6.07, 6.45) is 6.65. The van der Waals surface area contributed by atoms with Gasteiger partial charge in [-0.1, -0.05) is 58.7 Å². The first-order valence-corrected chi connectivity index (χ1v) is 15.5. The zero-order valence-corrected chi connectivity index (χ0v) is 26.7. The van der Waals surface area contributed by atoms with Crippen molar-refractivity contribution in [2.24, 2.45) is 5.16 Å².